The Balaban J connectivity index is 1.34. The number of carboxylic acids is 1. The summed E-state index contributed by atoms with van der Waals surface area (Å²) in [6.07, 6.45) is 6.27. The van der Waals surface area contributed by atoms with Crippen molar-refractivity contribution in [2.75, 3.05) is 7.11 Å². The molecule has 2 N–H and O–H groups in total. The maximum atomic E-state index is 11.5. The van der Waals surface area contributed by atoms with Crippen LogP contribution < -0.4 is 4.74 Å². The molecule has 2 aliphatic carbocycles. The fourth-order valence-electron chi connectivity index (χ4n) is 5.52. The van der Waals surface area contributed by atoms with Crippen LogP contribution in [0.2, 0.25) is 15.1 Å². The Kier molecular flexibility index (Phi) is 8.95. The van der Waals surface area contributed by atoms with E-state index in [1.807, 2.05) is 6.92 Å². The number of aliphatic carboxylic acids is 1. The molecule has 2 aliphatic rings. The zero-order chi connectivity index (χ0) is 30.2. The van der Waals surface area contributed by atoms with E-state index in [0.29, 0.717) is 56.2 Å². The molecule has 0 bridgehead atoms. The molecule has 0 spiro atoms. The van der Waals surface area contributed by atoms with Crippen molar-refractivity contribution in [3.63, 3.8) is 0 Å². The van der Waals surface area contributed by atoms with Crippen molar-refractivity contribution in [1.29, 1.82) is 0 Å². The third-order valence-electron chi connectivity index (χ3n) is 7.99. The van der Waals surface area contributed by atoms with Crippen LogP contribution >= 0.6 is 34.8 Å². The molecule has 1 heterocycles. The van der Waals surface area contributed by atoms with Gasteiger partial charge in [0, 0.05) is 17.0 Å². The molecule has 3 aromatic rings. The second kappa shape index (κ2) is 12.3. The summed E-state index contributed by atoms with van der Waals surface area (Å²) in [7, 11) is 1.55. The van der Waals surface area contributed by atoms with Gasteiger partial charge in [0.2, 0.25) is 0 Å². The monoisotopic (exact) mass is 631 g/mol. The Bertz CT molecular complexity index is 1530. The van der Waals surface area contributed by atoms with Crippen molar-refractivity contribution in [2.45, 2.75) is 57.7 Å². The molecule has 0 radical (unpaired) electrons. The Morgan fingerprint density at radius 2 is 1.86 bits per heavy atom. The molecule has 1 aromatic heterocycles. The third kappa shape index (κ3) is 6.06. The van der Waals surface area contributed by atoms with E-state index in [2.05, 4.69) is 5.16 Å². The smallest absolute Gasteiger partial charge is 0.310 e. The third-order valence-corrected chi connectivity index (χ3v) is 8.93. The molecule has 0 saturated heterocycles. The summed E-state index contributed by atoms with van der Waals surface area (Å²) in [5, 5.41) is 26.5. The molecule has 7 nitrogen and oxygen atoms in total. The van der Waals surface area contributed by atoms with Crippen LogP contribution in [-0.4, -0.2) is 28.4 Å². The number of allylic oxidation sites excluding steroid dienone is 2. The van der Waals surface area contributed by atoms with Gasteiger partial charge in [-0.15, -0.1) is 0 Å². The Morgan fingerprint density at radius 3 is 2.43 bits per heavy atom. The van der Waals surface area contributed by atoms with E-state index in [0.717, 1.165) is 29.7 Å². The Hall–Kier alpha value is -2.97. The number of carboxylic acid groups (broad SMARTS) is 1. The summed E-state index contributed by atoms with van der Waals surface area (Å²) >= 11 is 19.6. The van der Waals surface area contributed by atoms with Crippen LogP contribution in [0.1, 0.15) is 62.3 Å². The SMILES string of the molecule is C/C=C(OC)\C(=C/C(C)C(=O)O)C1CC(O)(c2ccc(OCc3c(-c4c(Cl)cccc4Cl)noc3C3CC3)cc2Cl)C1. The Morgan fingerprint density at radius 1 is 1.17 bits per heavy atom. The van der Waals surface area contributed by atoms with Crippen LogP contribution in [0.5, 0.6) is 5.75 Å². The van der Waals surface area contributed by atoms with Crippen molar-refractivity contribution < 1.29 is 29.0 Å². The summed E-state index contributed by atoms with van der Waals surface area (Å²) in [4.78, 5) is 11.5. The summed E-state index contributed by atoms with van der Waals surface area (Å²) in [5.41, 5.74) is 2.14. The normalized spacial score (nSPS) is 21.5. The quantitative estimate of drug-likeness (QED) is 0.161. The minimum Gasteiger partial charge on any atom is -0.497 e. The Labute approximate surface area is 259 Å². The van der Waals surface area contributed by atoms with E-state index in [1.54, 1.807) is 62.6 Å². The maximum Gasteiger partial charge on any atom is 0.310 e. The number of aliphatic hydroxyl groups is 1. The molecular weight excluding hydrogens is 601 g/mol. The fourth-order valence-corrected chi connectivity index (χ4v) is 6.45. The number of methoxy groups -OCH3 is 1. The number of aromatic nitrogens is 1. The van der Waals surface area contributed by atoms with Gasteiger partial charge in [-0.05, 0) is 81.4 Å². The summed E-state index contributed by atoms with van der Waals surface area (Å²) in [6, 6.07) is 10.5. The van der Waals surface area contributed by atoms with Gasteiger partial charge in [-0.3, -0.25) is 4.79 Å². The summed E-state index contributed by atoms with van der Waals surface area (Å²) < 4.78 is 17.4. The van der Waals surface area contributed by atoms with Crippen LogP contribution in [-0.2, 0) is 21.7 Å². The van der Waals surface area contributed by atoms with E-state index in [1.165, 1.54) is 0 Å². The van der Waals surface area contributed by atoms with Crippen molar-refractivity contribution in [3.8, 4) is 17.0 Å². The highest BCUT2D eigenvalue weighted by Crippen LogP contribution is 2.52. The van der Waals surface area contributed by atoms with Gasteiger partial charge >= 0.3 is 5.97 Å². The lowest BCUT2D eigenvalue weighted by atomic mass is 9.64. The fraction of sp³-hybridized carbons (Fsp3) is 0.375. The number of hydrogen-bond donors (Lipinski definition) is 2. The number of benzene rings is 2. The van der Waals surface area contributed by atoms with Gasteiger partial charge in [0.05, 0.1) is 39.3 Å². The molecule has 1 unspecified atom stereocenters. The lowest BCUT2D eigenvalue weighted by Crippen LogP contribution is -2.42. The van der Waals surface area contributed by atoms with E-state index in [-0.39, 0.29) is 18.4 Å². The van der Waals surface area contributed by atoms with Gasteiger partial charge in [0.1, 0.15) is 29.6 Å². The molecule has 5 rings (SSSR count). The zero-order valence-corrected chi connectivity index (χ0v) is 25.8. The lowest BCUT2D eigenvalue weighted by Gasteiger charge is -2.45. The average Bonchev–Trinajstić information content (AvgIpc) is 3.70. The number of nitrogens with zero attached hydrogens (tertiary/aromatic N) is 1. The first-order chi connectivity index (χ1) is 20.1. The van der Waals surface area contributed by atoms with Crippen molar-refractivity contribution in [2.24, 2.45) is 11.8 Å². The number of halogens is 3. The second-order valence-corrected chi connectivity index (χ2v) is 12.1. The zero-order valence-electron chi connectivity index (χ0n) is 23.5. The molecule has 1 atom stereocenters. The van der Waals surface area contributed by atoms with Crippen molar-refractivity contribution in [3.05, 3.63) is 91.8 Å². The number of rotatable bonds is 11. The van der Waals surface area contributed by atoms with Crippen molar-refractivity contribution in [1.82, 2.24) is 5.16 Å². The molecule has 42 heavy (non-hydrogen) atoms. The summed E-state index contributed by atoms with van der Waals surface area (Å²) in [6.45, 7) is 3.62. The number of ether oxygens (including phenoxy) is 2. The van der Waals surface area contributed by atoms with Gasteiger partial charge in [-0.2, -0.15) is 0 Å². The number of hydrogen-bond acceptors (Lipinski definition) is 6. The van der Waals surface area contributed by atoms with Crippen molar-refractivity contribution >= 4 is 40.8 Å². The van der Waals surface area contributed by atoms with E-state index >= 15 is 0 Å². The predicted octanol–water partition coefficient (Wildman–Crippen LogP) is 8.55. The van der Waals surface area contributed by atoms with Gasteiger partial charge in [0.15, 0.2) is 0 Å². The molecule has 10 heteroatoms. The van der Waals surface area contributed by atoms with Crippen LogP contribution in [0.15, 0.2) is 64.4 Å². The molecule has 0 amide bonds. The first-order valence-corrected chi connectivity index (χ1v) is 14.9. The first-order valence-electron chi connectivity index (χ1n) is 13.8. The van der Waals surface area contributed by atoms with Gasteiger partial charge in [-0.1, -0.05) is 58.2 Å². The minimum absolute atomic E-state index is 0.0839. The highest BCUT2D eigenvalue weighted by atomic mass is 35.5. The molecule has 2 aromatic carbocycles. The van der Waals surface area contributed by atoms with Crippen LogP contribution in [0.25, 0.3) is 11.3 Å². The largest absolute Gasteiger partial charge is 0.497 e. The van der Waals surface area contributed by atoms with Crippen LogP contribution in [0.4, 0.5) is 0 Å². The van der Waals surface area contributed by atoms with E-state index < -0.39 is 17.5 Å². The highest BCUT2D eigenvalue weighted by molar-refractivity contribution is 6.39. The average molecular weight is 633 g/mol. The molecule has 2 saturated carbocycles. The lowest BCUT2D eigenvalue weighted by molar-refractivity contribution is -0.139. The first kappa shape index (κ1) is 30.5. The molecule has 0 aliphatic heterocycles. The summed E-state index contributed by atoms with van der Waals surface area (Å²) in [5.74, 6) is 0.478. The number of carbonyl (C=O) groups is 1. The van der Waals surface area contributed by atoms with Gasteiger partial charge in [0.25, 0.3) is 0 Å². The van der Waals surface area contributed by atoms with E-state index in [4.69, 9.17) is 48.8 Å². The maximum absolute atomic E-state index is 11.5. The molecular formula is C32H32Cl3NO6. The molecule has 2 fully saturated rings. The predicted molar refractivity (Wildman–Crippen MR) is 162 cm³/mol. The van der Waals surface area contributed by atoms with Gasteiger partial charge < -0.3 is 24.2 Å². The highest BCUT2D eigenvalue weighted by Gasteiger charge is 2.47. The topological polar surface area (TPSA) is 102 Å². The standard InChI is InChI=1S/C32H32Cl3NO6/c1-4-27(40-3)21(12-17(2)31(37)38)19-14-32(39,15-19)23-11-10-20(13-26(23)35)41-16-22-29(36-42-30(22)18-8-9-18)28-24(33)6-5-7-25(28)34/h4-7,10-13,17-19,39H,8-9,14-16H2,1-3H3,(H,37,38)/b21-12-,27-4+. The van der Waals surface area contributed by atoms with Crippen LogP contribution in [0.3, 0.4) is 0 Å². The van der Waals surface area contributed by atoms with Gasteiger partial charge in [-0.25, -0.2) is 0 Å². The second-order valence-electron chi connectivity index (χ2n) is 10.9. The molecule has 222 valence electrons. The van der Waals surface area contributed by atoms with E-state index in [9.17, 15) is 15.0 Å². The van der Waals surface area contributed by atoms with Crippen LogP contribution in [0, 0.1) is 11.8 Å². The minimum atomic E-state index is -1.17.